The molecule has 112 valence electrons. The molecule has 0 fully saturated rings. The second-order valence-electron chi connectivity index (χ2n) is 4.70. The van der Waals surface area contributed by atoms with Gasteiger partial charge in [0.25, 0.3) is 0 Å². The van der Waals surface area contributed by atoms with Crippen molar-refractivity contribution in [2.45, 2.75) is 33.1 Å². The molecule has 0 bridgehead atoms. The van der Waals surface area contributed by atoms with Crippen molar-refractivity contribution < 1.29 is 9.53 Å². The Balaban J connectivity index is 2.58. The predicted octanol–water partition coefficient (Wildman–Crippen LogP) is 3.37. The zero-order valence-electron chi connectivity index (χ0n) is 12.5. The molecule has 2 aromatic rings. The smallest absolute Gasteiger partial charge is 0.310 e. The third-order valence-corrected chi connectivity index (χ3v) is 3.79. The van der Waals surface area contributed by atoms with E-state index in [1.54, 1.807) is 0 Å². The summed E-state index contributed by atoms with van der Waals surface area (Å²) < 4.78 is 6.64. The van der Waals surface area contributed by atoms with Crippen LogP contribution < -0.4 is 0 Å². The van der Waals surface area contributed by atoms with Crippen LogP contribution in [0.15, 0.2) is 24.3 Å². The Kier molecular flexibility index (Phi) is 5.02. The molecular formula is C16H19ClN2O2. The summed E-state index contributed by atoms with van der Waals surface area (Å²) in [5, 5.41) is 5.28. The van der Waals surface area contributed by atoms with Crippen LogP contribution in [0.25, 0.3) is 5.69 Å². The minimum Gasteiger partial charge on any atom is -0.469 e. The summed E-state index contributed by atoms with van der Waals surface area (Å²) in [4.78, 5) is 11.6. The largest absolute Gasteiger partial charge is 0.469 e. The number of rotatable bonds is 5. The van der Waals surface area contributed by atoms with E-state index in [1.807, 2.05) is 42.8 Å². The van der Waals surface area contributed by atoms with Crippen LogP contribution in [0, 0.1) is 0 Å². The zero-order valence-corrected chi connectivity index (χ0v) is 13.3. The number of aryl methyl sites for hydroxylation is 1. The van der Waals surface area contributed by atoms with Crippen molar-refractivity contribution in [3.8, 4) is 5.69 Å². The SMILES string of the molecule is CCc1nn(-c2ccccc2Cl)c(CC)c1CC(=O)OC. The van der Waals surface area contributed by atoms with E-state index in [0.29, 0.717) is 5.02 Å². The van der Waals surface area contributed by atoms with Crippen LogP contribution in [0.1, 0.15) is 30.8 Å². The van der Waals surface area contributed by atoms with Gasteiger partial charge in [-0.25, -0.2) is 4.68 Å². The second-order valence-corrected chi connectivity index (χ2v) is 5.10. The highest BCUT2D eigenvalue weighted by molar-refractivity contribution is 6.32. The first kappa shape index (κ1) is 15.6. The fourth-order valence-electron chi connectivity index (χ4n) is 2.43. The molecular weight excluding hydrogens is 288 g/mol. The maximum atomic E-state index is 11.6. The van der Waals surface area contributed by atoms with Crippen molar-refractivity contribution in [1.82, 2.24) is 9.78 Å². The number of aromatic nitrogens is 2. The van der Waals surface area contributed by atoms with Gasteiger partial charge >= 0.3 is 5.97 Å². The summed E-state index contributed by atoms with van der Waals surface area (Å²) in [6.07, 6.45) is 1.77. The molecule has 0 spiro atoms. The lowest BCUT2D eigenvalue weighted by molar-refractivity contribution is -0.139. The van der Waals surface area contributed by atoms with Gasteiger partial charge in [0, 0.05) is 11.3 Å². The molecule has 0 saturated carbocycles. The van der Waals surface area contributed by atoms with E-state index in [0.717, 1.165) is 35.5 Å². The first-order chi connectivity index (χ1) is 10.1. The van der Waals surface area contributed by atoms with Crippen LogP contribution in [0.5, 0.6) is 0 Å². The number of benzene rings is 1. The maximum absolute atomic E-state index is 11.6. The number of para-hydroxylation sites is 1. The van der Waals surface area contributed by atoms with E-state index >= 15 is 0 Å². The van der Waals surface area contributed by atoms with Gasteiger partial charge in [0.05, 0.1) is 29.9 Å². The van der Waals surface area contributed by atoms with Gasteiger partial charge in [0.15, 0.2) is 0 Å². The summed E-state index contributed by atoms with van der Waals surface area (Å²) in [6.45, 7) is 4.07. The van der Waals surface area contributed by atoms with Crippen molar-refractivity contribution in [1.29, 1.82) is 0 Å². The predicted molar refractivity (Wildman–Crippen MR) is 83.1 cm³/mol. The number of esters is 1. The molecule has 0 aliphatic carbocycles. The molecule has 0 amide bonds. The highest BCUT2D eigenvalue weighted by Gasteiger charge is 2.20. The summed E-state index contributed by atoms with van der Waals surface area (Å²) in [7, 11) is 1.40. The van der Waals surface area contributed by atoms with Gasteiger partial charge < -0.3 is 4.74 Å². The molecule has 0 N–H and O–H groups in total. The first-order valence-corrected chi connectivity index (χ1v) is 7.41. The van der Waals surface area contributed by atoms with Crippen LogP contribution in [-0.2, 0) is 28.8 Å². The lowest BCUT2D eigenvalue weighted by atomic mass is 10.1. The van der Waals surface area contributed by atoms with E-state index in [-0.39, 0.29) is 12.4 Å². The third-order valence-electron chi connectivity index (χ3n) is 3.47. The van der Waals surface area contributed by atoms with Gasteiger partial charge in [0.1, 0.15) is 0 Å². The van der Waals surface area contributed by atoms with Crippen molar-refractivity contribution in [2.75, 3.05) is 7.11 Å². The Morgan fingerprint density at radius 3 is 2.57 bits per heavy atom. The Labute approximate surface area is 129 Å². The molecule has 0 unspecified atom stereocenters. The van der Waals surface area contributed by atoms with Crippen LogP contribution in [0.2, 0.25) is 5.02 Å². The number of carbonyl (C=O) groups is 1. The number of hydrogen-bond donors (Lipinski definition) is 0. The monoisotopic (exact) mass is 306 g/mol. The molecule has 4 nitrogen and oxygen atoms in total. The molecule has 1 heterocycles. The molecule has 0 aliphatic heterocycles. The van der Waals surface area contributed by atoms with Gasteiger partial charge in [-0.15, -0.1) is 0 Å². The Hall–Kier alpha value is -1.81. The number of ether oxygens (including phenoxy) is 1. The average Bonchev–Trinajstić information content (AvgIpc) is 2.84. The molecule has 5 heteroatoms. The molecule has 1 aromatic heterocycles. The van der Waals surface area contributed by atoms with Crippen molar-refractivity contribution >= 4 is 17.6 Å². The zero-order chi connectivity index (χ0) is 15.4. The van der Waals surface area contributed by atoms with Gasteiger partial charge in [-0.1, -0.05) is 37.6 Å². The molecule has 0 atom stereocenters. The number of halogens is 1. The number of nitrogens with zero attached hydrogens (tertiary/aromatic N) is 2. The van der Waals surface area contributed by atoms with E-state index in [9.17, 15) is 4.79 Å². The Bertz CT molecular complexity index is 650. The van der Waals surface area contributed by atoms with Crippen LogP contribution in [0.4, 0.5) is 0 Å². The molecule has 0 radical (unpaired) electrons. The Morgan fingerprint density at radius 2 is 2.00 bits per heavy atom. The van der Waals surface area contributed by atoms with Crippen LogP contribution in [-0.4, -0.2) is 22.9 Å². The van der Waals surface area contributed by atoms with Gasteiger partial charge in [-0.2, -0.15) is 5.10 Å². The summed E-state index contributed by atoms with van der Waals surface area (Å²) in [5.74, 6) is -0.252. The van der Waals surface area contributed by atoms with Crippen LogP contribution in [0.3, 0.4) is 0 Å². The van der Waals surface area contributed by atoms with E-state index < -0.39 is 0 Å². The maximum Gasteiger partial charge on any atom is 0.310 e. The third kappa shape index (κ3) is 3.10. The molecule has 21 heavy (non-hydrogen) atoms. The van der Waals surface area contributed by atoms with Crippen molar-refractivity contribution in [3.05, 3.63) is 46.2 Å². The van der Waals surface area contributed by atoms with E-state index in [2.05, 4.69) is 5.10 Å². The van der Waals surface area contributed by atoms with Crippen molar-refractivity contribution in [3.63, 3.8) is 0 Å². The number of methoxy groups -OCH3 is 1. The van der Waals surface area contributed by atoms with Gasteiger partial charge in [-0.05, 0) is 25.0 Å². The minimum absolute atomic E-state index is 0.243. The summed E-state index contributed by atoms with van der Waals surface area (Å²) in [5.41, 5.74) is 3.70. The molecule has 0 saturated heterocycles. The summed E-state index contributed by atoms with van der Waals surface area (Å²) in [6, 6.07) is 7.57. The van der Waals surface area contributed by atoms with Gasteiger partial charge in [0.2, 0.25) is 0 Å². The fraction of sp³-hybridized carbons (Fsp3) is 0.375. The van der Waals surface area contributed by atoms with Crippen molar-refractivity contribution in [2.24, 2.45) is 0 Å². The fourth-order valence-corrected chi connectivity index (χ4v) is 2.64. The van der Waals surface area contributed by atoms with Crippen LogP contribution >= 0.6 is 11.6 Å². The molecule has 1 aromatic carbocycles. The number of hydrogen-bond acceptors (Lipinski definition) is 3. The molecule has 2 rings (SSSR count). The number of carbonyl (C=O) groups excluding carboxylic acids is 1. The second kappa shape index (κ2) is 6.76. The average molecular weight is 307 g/mol. The van der Waals surface area contributed by atoms with E-state index in [4.69, 9.17) is 16.3 Å². The lowest BCUT2D eigenvalue weighted by Crippen LogP contribution is -2.08. The summed E-state index contributed by atoms with van der Waals surface area (Å²) >= 11 is 6.27. The standard InChI is InChI=1S/C16H19ClN2O2/c1-4-13-11(10-16(20)21-3)14(5-2)19(18-13)15-9-7-6-8-12(15)17/h6-9H,4-5,10H2,1-3H3. The Morgan fingerprint density at radius 1 is 1.29 bits per heavy atom. The first-order valence-electron chi connectivity index (χ1n) is 7.03. The quantitative estimate of drug-likeness (QED) is 0.796. The van der Waals surface area contributed by atoms with E-state index in [1.165, 1.54) is 7.11 Å². The highest BCUT2D eigenvalue weighted by Crippen LogP contribution is 2.25. The lowest BCUT2D eigenvalue weighted by Gasteiger charge is -2.09. The minimum atomic E-state index is -0.252. The molecule has 0 aliphatic rings. The highest BCUT2D eigenvalue weighted by atomic mass is 35.5. The van der Waals surface area contributed by atoms with Gasteiger partial charge in [-0.3, -0.25) is 4.79 Å². The topological polar surface area (TPSA) is 44.1 Å². The normalized spacial score (nSPS) is 10.7.